The van der Waals surface area contributed by atoms with Crippen LogP contribution in [0.25, 0.3) is 0 Å². The third-order valence-electron chi connectivity index (χ3n) is 3.70. The minimum Gasteiger partial charge on any atom is -0.490 e. The lowest BCUT2D eigenvalue weighted by atomic mass is 9.89. The van der Waals surface area contributed by atoms with Gasteiger partial charge in [0.1, 0.15) is 0 Å². The van der Waals surface area contributed by atoms with Crippen LogP contribution in [-0.4, -0.2) is 13.0 Å². The zero-order chi connectivity index (χ0) is 14.9. The Kier molecular flexibility index (Phi) is 6.15. The predicted molar refractivity (Wildman–Crippen MR) is 85.4 cm³/mol. The summed E-state index contributed by atoms with van der Waals surface area (Å²) in [5, 5.41) is 2.69. The van der Waals surface area contributed by atoms with Crippen molar-refractivity contribution in [3.05, 3.63) is 23.8 Å². The molecule has 1 aliphatic carbocycles. The van der Waals surface area contributed by atoms with Crippen molar-refractivity contribution in [2.24, 2.45) is 5.92 Å². The molecule has 0 heterocycles. The lowest BCUT2D eigenvalue weighted by Crippen LogP contribution is -2.04. The molecule has 1 aromatic rings. The fraction of sp³-hybridized carbons (Fsp3) is 0.500. The minimum absolute atomic E-state index is 0.500. The Hall–Kier alpha value is -1.95. The first-order valence-electron chi connectivity index (χ1n) is 7.82. The third-order valence-corrected chi connectivity index (χ3v) is 3.70. The van der Waals surface area contributed by atoms with E-state index < -0.39 is 0 Å². The lowest BCUT2D eigenvalue weighted by Gasteiger charge is -2.16. The van der Waals surface area contributed by atoms with Crippen molar-refractivity contribution in [3.8, 4) is 17.6 Å². The van der Waals surface area contributed by atoms with Crippen molar-refractivity contribution < 1.29 is 9.53 Å². The zero-order valence-electron chi connectivity index (χ0n) is 12.7. The summed E-state index contributed by atoms with van der Waals surface area (Å²) in [6.45, 7) is 2.68. The Morgan fingerprint density at radius 3 is 2.86 bits per heavy atom. The molecule has 3 heteroatoms. The molecule has 1 saturated carbocycles. The Morgan fingerprint density at radius 1 is 1.33 bits per heavy atom. The molecule has 112 valence electrons. The first-order chi connectivity index (χ1) is 10.3. The molecule has 0 bridgehead atoms. The average molecular weight is 285 g/mol. The van der Waals surface area contributed by atoms with Crippen LogP contribution in [0.2, 0.25) is 0 Å². The van der Waals surface area contributed by atoms with Crippen LogP contribution < -0.4 is 10.1 Å². The van der Waals surface area contributed by atoms with Gasteiger partial charge in [-0.1, -0.05) is 44.1 Å². The quantitative estimate of drug-likeness (QED) is 0.656. The van der Waals surface area contributed by atoms with Gasteiger partial charge in [0.2, 0.25) is 6.41 Å². The van der Waals surface area contributed by atoms with E-state index in [0.29, 0.717) is 30.4 Å². The second-order valence-electron chi connectivity index (χ2n) is 5.40. The molecule has 1 aromatic carbocycles. The standard InChI is InChI=1S/C18H23NO2/c1-2-13-21-18-16(9-6-10-17(18)19-14-20)12-11-15-7-4-3-5-8-15/h6,9-10,14-15H,2-5,7-8,13H2,1H3,(H,19,20). The second-order valence-corrected chi connectivity index (χ2v) is 5.40. The fourth-order valence-electron chi connectivity index (χ4n) is 2.60. The number of anilines is 1. The molecular weight excluding hydrogens is 262 g/mol. The van der Waals surface area contributed by atoms with E-state index in [1.807, 2.05) is 18.2 Å². The predicted octanol–water partition coefficient (Wildman–Crippen LogP) is 3.98. The summed E-state index contributed by atoms with van der Waals surface area (Å²) in [5.41, 5.74) is 1.55. The molecule has 0 unspecified atom stereocenters. The molecule has 3 nitrogen and oxygen atoms in total. The Morgan fingerprint density at radius 2 is 2.14 bits per heavy atom. The molecule has 0 saturated heterocycles. The molecule has 1 aliphatic rings. The van der Waals surface area contributed by atoms with Gasteiger partial charge in [-0.05, 0) is 31.4 Å². The summed E-state index contributed by atoms with van der Waals surface area (Å²) in [6.07, 6.45) is 7.89. The van der Waals surface area contributed by atoms with Crippen LogP contribution in [0.1, 0.15) is 51.0 Å². The maximum atomic E-state index is 10.7. The van der Waals surface area contributed by atoms with Crippen LogP contribution in [0.3, 0.4) is 0 Å². The molecule has 0 spiro atoms. The van der Waals surface area contributed by atoms with Crippen molar-refractivity contribution in [2.75, 3.05) is 11.9 Å². The van der Waals surface area contributed by atoms with Crippen LogP contribution in [0, 0.1) is 17.8 Å². The monoisotopic (exact) mass is 285 g/mol. The maximum absolute atomic E-state index is 10.7. The first-order valence-corrected chi connectivity index (χ1v) is 7.82. The SMILES string of the molecule is CCCOc1c(C#CC2CCCCC2)cccc1NC=O. The maximum Gasteiger partial charge on any atom is 0.211 e. The number of para-hydroxylation sites is 1. The van der Waals surface area contributed by atoms with Crippen molar-refractivity contribution in [2.45, 2.75) is 45.4 Å². The molecule has 0 aliphatic heterocycles. The van der Waals surface area contributed by atoms with Gasteiger partial charge in [-0.2, -0.15) is 0 Å². The van der Waals surface area contributed by atoms with E-state index >= 15 is 0 Å². The highest BCUT2D eigenvalue weighted by atomic mass is 16.5. The van der Waals surface area contributed by atoms with E-state index in [2.05, 4.69) is 24.1 Å². The number of hydrogen-bond acceptors (Lipinski definition) is 2. The van der Waals surface area contributed by atoms with Gasteiger partial charge in [-0.15, -0.1) is 0 Å². The topological polar surface area (TPSA) is 38.3 Å². The molecule has 2 rings (SSSR count). The van der Waals surface area contributed by atoms with E-state index in [1.54, 1.807) is 0 Å². The zero-order valence-corrected chi connectivity index (χ0v) is 12.7. The van der Waals surface area contributed by atoms with Gasteiger partial charge >= 0.3 is 0 Å². The number of carbonyl (C=O) groups excluding carboxylic acids is 1. The summed E-state index contributed by atoms with van der Waals surface area (Å²) >= 11 is 0. The van der Waals surface area contributed by atoms with Crippen LogP contribution in [0.15, 0.2) is 18.2 Å². The number of benzene rings is 1. The van der Waals surface area contributed by atoms with Gasteiger partial charge in [0.25, 0.3) is 0 Å². The van der Waals surface area contributed by atoms with Crippen LogP contribution >= 0.6 is 0 Å². The highest BCUT2D eigenvalue weighted by molar-refractivity contribution is 5.77. The molecule has 1 fully saturated rings. The largest absolute Gasteiger partial charge is 0.490 e. The van der Waals surface area contributed by atoms with E-state index in [9.17, 15) is 4.79 Å². The smallest absolute Gasteiger partial charge is 0.211 e. The highest BCUT2D eigenvalue weighted by Crippen LogP contribution is 2.29. The van der Waals surface area contributed by atoms with E-state index in [0.717, 1.165) is 12.0 Å². The number of hydrogen-bond donors (Lipinski definition) is 1. The normalized spacial score (nSPS) is 14.9. The number of ether oxygens (including phenoxy) is 1. The minimum atomic E-state index is 0.500. The molecule has 21 heavy (non-hydrogen) atoms. The fourth-order valence-corrected chi connectivity index (χ4v) is 2.60. The number of nitrogens with one attached hydrogen (secondary N) is 1. The van der Waals surface area contributed by atoms with Crippen LogP contribution in [0.5, 0.6) is 5.75 Å². The van der Waals surface area contributed by atoms with Crippen molar-refractivity contribution >= 4 is 12.1 Å². The summed E-state index contributed by atoms with van der Waals surface area (Å²) in [7, 11) is 0. The lowest BCUT2D eigenvalue weighted by molar-refractivity contribution is -0.105. The molecule has 0 radical (unpaired) electrons. The molecule has 1 N–H and O–H groups in total. The number of rotatable bonds is 5. The highest BCUT2D eigenvalue weighted by Gasteiger charge is 2.11. The molecule has 0 aromatic heterocycles. The average Bonchev–Trinajstić information content (AvgIpc) is 2.53. The summed E-state index contributed by atoms with van der Waals surface area (Å²) in [6, 6.07) is 5.69. The van der Waals surface area contributed by atoms with Gasteiger partial charge in [0.15, 0.2) is 5.75 Å². The summed E-state index contributed by atoms with van der Waals surface area (Å²) in [5.74, 6) is 7.83. The molecule has 0 atom stereocenters. The third kappa shape index (κ3) is 4.53. The van der Waals surface area contributed by atoms with Crippen molar-refractivity contribution in [3.63, 3.8) is 0 Å². The first kappa shape index (κ1) is 15.4. The van der Waals surface area contributed by atoms with Gasteiger partial charge in [0.05, 0.1) is 17.9 Å². The van der Waals surface area contributed by atoms with Crippen molar-refractivity contribution in [1.82, 2.24) is 0 Å². The van der Waals surface area contributed by atoms with Crippen molar-refractivity contribution in [1.29, 1.82) is 0 Å². The second kappa shape index (κ2) is 8.36. The number of amides is 1. The summed E-state index contributed by atoms with van der Waals surface area (Å²) in [4.78, 5) is 10.7. The molecule has 1 amide bonds. The van der Waals surface area contributed by atoms with Gasteiger partial charge < -0.3 is 10.1 Å². The Labute approximate surface area is 127 Å². The van der Waals surface area contributed by atoms with E-state index in [4.69, 9.17) is 4.74 Å². The van der Waals surface area contributed by atoms with Gasteiger partial charge in [0, 0.05) is 5.92 Å². The van der Waals surface area contributed by atoms with E-state index in [-0.39, 0.29) is 0 Å². The number of carbonyl (C=O) groups is 1. The van der Waals surface area contributed by atoms with E-state index in [1.165, 1.54) is 32.1 Å². The van der Waals surface area contributed by atoms with Gasteiger partial charge in [-0.25, -0.2) is 0 Å². The van der Waals surface area contributed by atoms with Crippen LogP contribution in [0.4, 0.5) is 5.69 Å². The van der Waals surface area contributed by atoms with Gasteiger partial charge in [-0.3, -0.25) is 4.79 Å². The molecular formula is C18H23NO2. The summed E-state index contributed by atoms with van der Waals surface area (Å²) < 4.78 is 5.79. The Bertz CT molecular complexity index is 522. The Balaban J connectivity index is 2.21. The van der Waals surface area contributed by atoms with Crippen LogP contribution in [-0.2, 0) is 4.79 Å².